The van der Waals surface area contributed by atoms with E-state index in [2.05, 4.69) is 29.6 Å². The molecule has 0 atom stereocenters. The van der Waals surface area contributed by atoms with E-state index in [0.717, 1.165) is 19.3 Å². The lowest BCUT2D eigenvalue weighted by Crippen LogP contribution is -2.37. The lowest BCUT2D eigenvalue weighted by atomic mass is 9.80. The smallest absolute Gasteiger partial charge is 0.335 e. The standard InChI is InChI=1S/C23H27NO3/c25-21(13-12-19-10-4-5-11-20(19)22(26)27)24-17-23(14-6-7-15-23)16-18-8-2-1-3-9-18/h1-5,8-11H,6-7,12-17H2,(H,24,25)(H,26,27). The molecule has 0 heterocycles. The Morgan fingerprint density at radius 1 is 0.963 bits per heavy atom. The van der Waals surface area contributed by atoms with Gasteiger partial charge < -0.3 is 10.4 Å². The van der Waals surface area contributed by atoms with Gasteiger partial charge in [-0.05, 0) is 48.3 Å². The zero-order valence-corrected chi connectivity index (χ0v) is 15.6. The van der Waals surface area contributed by atoms with Crippen molar-refractivity contribution in [2.45, 2.75) is 44.9 Å². The summed E-state index contributed by atoms with van der Waals surface area (Å²) in [5.41, 5.74) is 2.46. The molecular weight excluding hydrogens is 338 g/mol. The number of carboxylic acid groups (broad SMARTS) is 1. The van der Waals surface area contributed by atoms with Gasteiger partial charge in [0.05, 0.1) is 5.56 Å². The van der Waals surface area contributed by atoms with Crippen molar-refractivity contribution in [1.29, 1.82) is 0 Å². The molecule has 0 radical (unpaired) electrons. The van der Waals surface area contributed by atoms with E-state index in [9.17, 15) is 14.7 Å². The second kappa shape index (κ2) is 8.85. The van der Waals surface area contributed by atoms with Gasteiger partial charge in [0.1, 0.15) is 0 Å². The molecule has 0 spiro atoms. The summed E-state index contributed by atoms with van der Waals surface area (Å²) in [7, 11) is 0. The van der Waals surface area contributed by atoms with Crippen LogP contribution in [-0.2, 0) is 17.6 Å². The third-order valence-electron chi connectivity index (χ3n) is 5.62. The fourth-order valence-electron chi connectivity index (χ4n) is 4.14. The number of carboxylic acids is 1. The van der Waals surface area contributed by atoms with E-state index < -0.39 is 5.97 Å². The lowest BCUT2D eigenvalue weighted by Gasteiger charge is -2.29. The zero-order valence-electron chi connectivity index (χ0n) is 15.6. The van der Waals surface area contributed by atoms with Crippen molar-refractivity contribution < 1.29 is 14.7 Å². The predicted octanol–water partition coefficient (Wildman–Crippen LogP) is 4.24. The van der Waals surface area contributed by atoms with E-state index in [1.807, 2.05) is 12.1 Å². The van der Waals surface area contributed by atoms with Gasteiger partial charge in [-0.2, -0.15) is 0 Å². The Labute approximate surface area is 160 Å². The summed E-state index contributed by atoms with van der Waals surface area (Å²) in [4.78, 5) is 23.7. The molecule has 0 unspecified atom stereocenters. The van der Waals surface area contributed by atoms with Crippen molar-refractivity contribution in [3.8, 4) is 0 Å². The quantitative estimate of drug-likeness (QED) is 0.735. The Hall–Kier alpha value is -2.62. The van der Waals surface area contributed by atoms with Crippen molar-refractivity contribution in [3.05, 3.63) is 71.3 Å². The number of amides is 1. The van der Waals surface area contributed by atoms with Crippen LogP contribution in [0.2, 0.25) is 0 Å². The maximum absolute atomic E-state index is 12.4. The number of carbonyl (C=O) groups is 2. The molecule has 3 rings (SSSR count). The van der Waals surface area contributed by atoms with Crippen molar-refractivity contribution >= 4 is 11.9 Å². The van der Waals surface area contributed by atoms with Gasteiger partial charge in [0.2, 0.25) is 5.91 Å². The monoisotopic (exact) mass is 365 g/mol. The van der Waals surface area contributed by atoms with Crippen molar-refractivity contribution in [3.63, 3.8) is 0 Å². The molecular formula is C23H27NO3. The minimum atomic E-state index is -0.946. The largest absolute Gasteiger partial charge is 0.478 e. The van der Waals surface area contributed by atoms with Crippen molar-refractivity contribution in [1.82, 2.24) is 5.32 Å². The molecule has 2 aromatic rings. The fraction of sp³-hybridized carbons (Fsp3) is 0.391. The molecule has 1 aliphatic carbocycles. The topological polar surface area (TPSA) is 66.4 Å². The SMILES string of the molecule is O=C(CCc1ccccc1C(=O)O)NCC1(Cc2ccccc2)CCCC1. The number of nitrogens with one attached hydrogen (secondary N) is 1. The highest BCUT2D eigenvalue weighted by Crippen LogP contribution is 2.40. The highest BCUT2D eigenvalue weighted by atomic mass is 16.4. The molecule has 1 amide bonds. The number of aromatic carboxylic acids is 1. The third kappa shape index (κ3) is 5.19. The lowest BCUT2D eigenvalue weighted by molar-refractivity contribution is -0.121. The van der Waals surface area contributed by atoms with E-state index >= 15 is 0 Å². The molecule has 1 aliphatic rings. The maximum Gasteiger partial charge on any atom is 0.335 e. The molecule has 0 aromatic heterocycles. The summed E-state index contributed by atoms with van der Waals surface area (Å²) < 4.78 is 0. The van der Waals surface area contributed by atoms with Crippen LogP contribution < -0.4 is 5.32 Å². The van der Waals surface area contributed by atoms with E-state index in [1.165, 1.54) is 18.4 Å². The average Bonchev–Trinajstić information content (AvgIpc) is 3.14. The van der Waals surface area contributed by atoms with Crippen molar-refractivity contribution in [2.24, 2.45) is 5.41 Å². The highest BCUT2D eigenvalue weighted by molar-refractivity contribution is 5.89. The summed E-state index contributed by atoms with van der Waals surface area (Å²) in [5, 5.41) is 12.4. The number of hydrogen-bond donors (Lipinski definition) is 2. The Kier molecular flexibility index (Phi) is 6.28. The molecule has 2 aromatic carbocycles. The molecule has 0 saturated heterocycles. The molecule has 1 saturated carbocycles. The summed E-state index contributed by atoms with van der Waals surface area (Å²) in [6.45, 7) is 0.696. The first-order valence-electron chi connectivity index (χ1n) is 9.70. The first-order chi connectivity index (χ1) is 13.1. The van der Waals surface area contributed by atoms with Crippen LogP contribution in [-0.4, -0.2) is 23.5 Å². The zero-order chi connectivity index (χ0) is 19.1. The second-order valence-corrected chi connectivity index (χ2v) is 7.61. The molecule has 2 N–H and O–H groups in total. The Morgan fingerprint density at radius 2 is 1.63 bits per heavy atom. The van der Waals surface area contributed by atoms with Gasteiger partial charge in [0.25, 0.3) is 0 Å². The van der Waals surface area contributed by atoms with Gasteiger partial charge in [0, 0.05) is 13.0 Å². The normalized spacial score (nSPS) is 15.4. The van der Waals surface area contributed by atoms with Gasteiger partial charge in [-0.25, -0.2) is 4.79 Å². The van der Waals surface area contributed by atoms with Crippen LogP contribution in [0.25, 0.3) is 0 Å². The van der Waals surface area contributed by atoms with Gasteiger partial charge in [-0.15, -0.1) is 0 Å². The Morgan fingerprint density at radius 3 is 2.33 bits per heavy atom. The number of hydrogen-bond acceptors (Lipinski definition) is 2. The maximum atomic E-state index is 12.4. The second-order valence-electron chi connectivity index (χ2n) is 7.61. The molecule has 0 aliphatic heterocycles. The molecule has 4 nitrogen and oxygen atoms in total. The fourth-order valence-corrected chi connectivity index (χ4v) is 4.14. The first kappa shape index (κ1) is 19.2. The Bertz CT molecular complexity index is 779. The minimum Gasteiger partial charge on any atom is -0.478 e. The number of rotatable bonds is 8. The molecule has 142 valence electrons. The van der Waals surface area contributed by atoms with Gasteiger partial charge >= 0.3 is 5.97 Å². The summed E-state index contributed by atoms with van der Waals surface area (Å²) in [5.74, 6) is -0.951. The predicted molar refractivity (Wildman–Crippen MR) is 106 cm³/mol. The number of aryl methyl sites for hydroxylation is 1. The summed E-state index contributed by atoms with van der Waals surface area (Å²) in [6.07, 6.45) is 6.47. The van der Waals surface area contributed by atoms with Crippen LogP contribution >= 0.6 is 0 Å². The van der Waals surface area contributed by atoms with Gasteiger partial charge in [-0.3, -0.25) is 4.79 Å². The highest BCUT2D eigenvalue weighted by Gasteiger charge is 2.34. The molecule has 1 fully saturated rings. The van der Waals surface area contributed by atoms with Crippen LogP contribution in [0, 0.1) is 5.41 Å². The van der Waals surface area contributed by atoms with Crippen LogP contribution in [0.15, 0.2) is 54.6 Å². The number of carbonyl (C=O) groups excluding carboxylic acids is 1. The first-order valence-corrected chi connectivity index (χ1v) is 9.70. The van der Waals surface area contributed by atoms with Crippen LogP contribution in [0.5, 0.6) is 0 Å². The molecule has 27 heavy (non-hydrogen) atoms. The van der Waals surface area contributed by atoms with Gasteiger partial charge in [0.15, 0.2) is 0 Å². The number of benzene rings is 2. The average molecular weight is 365 g/mol. The third-order valence-corrected chi connectivity index (χ3v) is 5.62. The van der Waals surface area contributed by atoms with E-state index in [1.54, 1.807) is 18.2 Å². The van der Waals surface area contributed by atoms with E-state index in [-0.39, 0.29) is 16.9 Å². The van der Waals surface area contributed by atoms with Gasteiger partial charge in [-0.1, -0.05) is 61.4 Å². The Balaban J connectivity index is 1.55. The van der Waals surface area contributed by atoms with Crippen LogP contribution in [0.3, 0.4) is 0 Å². The van der Waals surface area contributed by atoms with Crippen LogP contribution in [0.4, 0.5) is 0 Å². The summed E-state index contributed by atoms with van der Waals surface area (Å²) in [6, 6.07) is 17.4. The molecule has 4 heteroatoms. The summed E-state index contributed by atoms with van der Waals surface area (Å²) >= 11 is 0. The van der Waals surface area contributed by atoms with Crippen LogP contribution in [0.1, 0.15) is 53.6 Å². The van der Waals surface area contributed by atoms with Crippen molar-refractivity contribution in [2.75, 3.05) is 6.54 Å². The molecule has 0 bridgehead atoms. The minimum absolute atomic E-state index is 0.00507. The van der Waals surface area contributed by atoms with E-state index in [0.29, 0.717) is 24.9 Å². The van der Waals surface area contributed by atoms with E-state index in [4.69, 9.17) is 0 Å².